The van der Waals surface area contributed by atoms with Gasteiger partial charge in [-0.2, -0.15) is 13.2 Å². The zero-order valence-electron chi connectivity index (χ0n) is 9.93. The number of rotatable bonds is 6. The minimum Gasteiger partial charge on any atom is -0.313 e. The maximum Gasteiger partial charge on any atom is 0.441 e. The van der Waals surface area contributed by atoms with Crippen molar-refractivity contribution in [2.24, 2.45) is 0 Å². The molecule has 0 radical (unpaired) electrons. The Labute approximate surface area is 108 Å². The highest BCUT2D eigenvalue weighted by Gasteiger charge is 2.27. The van der Waals surface area contributed by atoms with Gasteiger partial charge in [-0.3, -0.25) is 0 Å². The van der Waals surface area contributed by atoms with Gasteiger partial charge in [0, 0.05) is 18.3 Å². The Bertz CT molecular complexity index is 350. The standard InChI is InChI=1S/C12H15F4NS/c1-9(17-6-7-18-12(14,15)16)8-10-2-4-11(13)5-3-10/h2-5,9,17H,6-8H2,1H3. The first-order chi connectivity index (χ1) is 8.37. The van der Waals surface area contributed by atoms with E-state index < -0.39 is 5.51 Å². The Balaban J connectivity index is 2.21. The lowest BCUT2D eigenvalue weighted by atomic mass is 10.1. The van der Waals surface area contributed by atoms with Crippen molar-refractivity contribution in [1.29, 1.82) is 0 Å². The average Bonchev–Trinajstić information content (AvgIpc) is 2.26. The highest BCUT2D eigenvalue weighted by atomic mass is 32.2. The summed E-state index contributed by atoms with van der Waals surface area (Å²) < 4.78 is 48.3. The highest BCUT2D eigenvalue weighted by Crippen LogP contribution is 2.29. The topological polar surface area (TPSA) is 12.0 Å². The fraction of sp³-hybridized carbons (Fsp3) is 0.500. The molecule has 1 rings (SSSR count). The normalized spacial score (nSPS) is 13.6. The van der Waals surface area contributed by atoms with Crippen LogP contribution in [0.2, 0.25) is 0 Å². The van der Waals surface area contributed by atoms with E-state index in [1.165, 1.54) is 12.1 Å². The molecule has 1 unspecified atom stereocenters. The lowest BCUT2D eigenvalue weighted by Gasteiger charge is -2.14. The Hall–Kier alpha value is -0.750. The predicted molar refractivity (Wildman–Crippen MR) is 66.1 cm³/mol. The van der Waals surface area contributed by atoms with Crippen molar-refractivity contribution in [2.75, 3.05) is 12.3 Å². The molecule has 0 amide bonds. The van der Waals surface area contributed by atoms with E-state index in [1.54, 1.807) is 12.1 Å². The van der Waals surface area contributed by atoms with Gasteiger partial charge < -0.3 is 5.32 Å². The molecule has 1 aromatic rings. The summed E-state index contributed by atoms with van der Waals surface area (Å²) in [5.41, 5.74) is -3.21. The van der Waals surface area contributed by atoms with E-state index in [4.69, 9.17) is 0 Å². The van der Waals surface area contributed by atoms with Crippen LogP contribution >= 0.6 is 11.8 Å². The quantitative estimate of drug-likeness (QED) is 0.631. The number of thioether (sulfide) groups is 1. The molecule has 1 nitrogen and oxygen atoms in total. The summed E-state index contributed by atoms with van der Waals surface area (Å²) in [5, 5.41) is 3.00. The highest BCUT2D eigenvalue weighted by molar-refractivity contribution is 8.00. The Morgan fingerprint density at radius 3 is 2.39 bits per heavy atom. The van der Waals surface area contributed by atoms with E-state index in [0.29, 0.717) is 13.0 Å². The molecule has 0 saturated heterocycles. The van der Waals surface area contributed by atoms with Gasteiger partial charge in [-0.05, 0) is 42.8 Å². The van der Waals surface area contributed by atoms with Crippen molar-refractivity contribution in [2.45, 2.75) is 24.9 Å². The SMILES string of the molecule is CC(Cc1ccc(F)cc1)NCCSC(F)(F)F. The maximum absolute atomic E-state index is 12.7. The molecule has 0 aliphatic heterocycles. The average molecular weight is 281 g/mol. The monoisotopic (exact) mass is 281 g/mol. The molecular weight excluding hydrogens is 266 g/mol. The van der Waals surface area contributed by atoms with E-state index in [-0.39, 0.29) is 29.4 Å². The molecule has 0 aliphatic rings. The number of alkyl halides is 3. The van der Waals surface area contributed by atoms with Crippen LogP contribution in [0.15, 0.2) is 24.3 Å². The van der Waals surface area contributed by atoms with Crippen LogP contribution in [0.4, 0.5) is 17.6 Å². The summed E-state index contributed by atoms with van der Waals surface area (Å²) in [4.78, 5) is 0. The minimum absolute atomic E-state index is 0.00272. The number of halogens is 4. The van der Waals surface area contributed by atoms with Gasteiger partial charge in [0.15, 0.2) is 0 Å². The van der Waals surface area contributed by atoms with Crippen LogP contribution in [0.5, 0.6) is 0 Å². The number of hydrogen-bond acceptors (Lipinski definition) is 2. The summed E-state index contributed by atoms with van der Waals surface area (Å²) in [7, 11) is 0. The second-order valence-corrected chi connectivity index (χ2v) is 5.14. The summed E-state index contributed by atoms with van der Waals surface area (Å²) >= 11 is -0.0283. The molecule has 1 atom stereocenters. The van der Waals surface area contributed by atoms with Gasteiger partial charge in [0.1, 0.15) is 5.82 Å². The van der Waals surface area contributed by atoms with E-state index in [9.17, 15) is 17.6 Å². The molecule has 1 aromatic carbocycles. The molecule has 0 fully saturated rings. The Morgan fingerprint density at radius 1 is 1.22 bits per heavy atom. The lowest BCUT2D eigenvalue weighted by molar-refractivity contribution is -0.0327. The molecule has 0 heterocycles. The fourth-order valence-corrected chi connectivity index (χ4v) is 1.97. The third-order valence-electron chi connectivity index (χ3n) is 2.32. The molecule has 1 N–H and O–H groups in total. The van der Waals surface area contributed by atoms with Crippen molar-refractivity contribution in [3.63, 3.8) is 0 Å². The van der Waals surface area contributed by atoms with E-state index >= 15 is 0 Å². The largest absolute Gasteiger partial charge is 0.441 e. The summed E-state index contributed by atoms with van der Waals surface area (Å²) in [6, 6.07) is 6.17. The van der Waals surface area contributed by atoms with Gasteiger partial charge in [-0.1, -0.05) is 12.1 Å². The summed E-state index contributed by atoms with van der Waals surface area (Å²) in [6.07, 6.45) is 0.664. The molecule has 0 aromatic heterocycles. The smallest absolute Gasteiger partial charge is 0.313 e. The first kappa shape index (κ1) is 15.3. The molecule has 18 heavy (non-hydrogen) atoms. The molecule has 0 bridgehead atoms. The van der Waals surface area contributed by atoms with Crippen LogP contribution in [-0.2, 0) is 6.42 Å². The summed E-state index contributed by atoms with van der Waals surface area (Å²) in [5.74, 6) is -0.294. The van der Waals surface area contributed by atoms with Gasteiger partial charge in [-0.25, -0.2) is 4.39 Å². The zero-order valence-corrected chi connectivity index (χ0v) is 10.7. The van der Waals surface area contributed by atoms with Crippen molar-refractivity contribution < 1.29 is 17.6 Å². The molecule has 102 valence electrons. The zero-order chi connectivity index (χ0) is 13.6. The third kappa shape index (κ3) is 6.86. The van der Waals surface area contributed by atoms with Crippen LogP contribution in [0.3, 0.4) is 0 Å². The predicted octanol–water partition coefficient (Wildman–Crippen LogP) is 3.60. The van der Waals surface area contributed by atoms with Gasteiger partial charge in [-0.15, -0.1) is 0 Å². The van der Waals surface area contributed by atoms with E-state index in [1.807, 2.05) is 6.92 Å². The fourth-order valence-electron chi connectivity index (χ4n) is 1.52. The van der Waals surface area contributed by atoms with Gasteiger partial charge in [0.25, 0.3) is 0 Å². The van der Waals surface area contributed by atoms with Crippen molar-refractivity contribution in [1.82, 2.24) is 5.32 Å². The second-order valence-electron chi connectivity index (χ2n) is 3.98. The Morgan fingerprint density at radius 2 is 1.83 bits per heavy atom. The van der Waals surface area contributed by atoms with Gasteiger partial charge in [0.05, 0.1) is 0 Å². The lowest BCUT2D eigenvalue weighted by Crippen LogP contribution is -2.30. The van der Waals surface area contributed by atoms with Gasteiger partial charge >= 0.3 is 5.51 Å². The Kier molecular flexibility index (Phi) is 5.95. The van der Waals surface area contributed by atoms with E-state index in [0.717, 1.165) is 5.56 Å². The van der Waals surface area contributed by atoms with Crippen molar-refractivity contribution in [3.8, 4) is 0 Å². The summed E-state index contributed by atoms with van der Waals surface area (Å²) in [6.45, 7) is 2.19. The molecule has 0 spiro atoms. The van der Waals surface area contributed by atoms with Crippen LogP contribution in [-0.4, -0.2) is 23.8 Å². The first-order valence-electron chi connectivity index (χ1n) is 5.55. The van der Waals surface area contributed by atoms with E-state index in [2.05, 4.69) is 5.32 Å². The second kappa shape index (κ2) is 6.99. The van der Waals surface area contributed by atoms with Crippen LogP contribution in [0, 0.1) is 5.82 Å². The van der Waals surface area contributed by atoms with Crippen LogP contribution in [0.25, 0.3) is 0 Å². The van der Waals surface area contributed by atoms with Crippen LogP contribution in [0.1, 0.15) is 12.5 Å². The number of nitrogens with one attached hydrogen (secondary N) is 1. The molecular formula is C12H15F4NS. The van der Waals surface area contributed by atoms with Crippen molar-refractivity contribution in [3.05, 3.63) is 35.6 Å². The van der Waals surface area contributed by atoms with Crippen molar-refractivity contribution >= 4 is 11.8 Å². The minimum atomic E-state index is -4.16. The van der Waals surface area contributed by atoms with Crippen LogP contribution < -0.4 is 5.32 Å². The number of benzene rings is 1. The van der Waals surface area contributed by atoms with Gasteiger partial charge in [0.2, 0.25) is 0 Å². The molecule has 0 aliphatic carbocycles. The number of hydrogen-bond donors (Lipinski definition) is 1. The third-order valence-corrected chi connectivity index (χ3v) is 3.05. The molecule has 6 heteroatoms. The first-order valence-corrected chi connectivity index (χ1v) is 6.54. The molecule has 0 saturated carbocycles. The maximum atomic E-state index is 12.7.